The zero-order valence-electron chi connectivity index (χ0n) is 15.7. The second-order valence-electron chi connectivity index (χ2n) is 6.26. The molecule has 0 spiro atoms. The molecule has 3 rings (SSSR count). The van der Waals surface area contributed by atoms with Crippen molar-refractivity contribution >= 4 is 22.6 Å². The van der Waals surface area contributed by atoms with Crippen LogP contribution >= 0.6 is 0 Å². The minimum Gasteiger partial charge on any atom is -0.481 e. The Morgan fingerprint density at radius 2 is 1.77 bits per heavy atom. The van der Waals surface area contributed by atoms with Gasteiger partial charge in [0.25, 0.3) is 5.91 Å². The number of carbonyl (C=O) groups is 1. The van der Waals surface area contributed by atoms with E-state index >= 15 is 0 Å². The predicted molar refractivity (Wildman–Crippen MR) is 99.3 cm³/mol. The van der Waals surface area contributed by atoms with Crippen LogP contribution in [0.2, 0.25) is 0 Å². The lowest BCUT2D eigenvalue weighted by Crippen LogP contribution is -2.30. The van der Waals surface area contributed by atoms with Crippen LogP contribution in [0, 0.1) is 0 Å². The van der Waals surface area contributed by atoms with Crippen LogP contribution in [0.3, 0.4) is 0 Å². The summed E-state index contributed by atoms with van der Waals surface area (Å²) in [5.74, 6) is -1.05. The third-order valence-corrected chi connectivity index (χ3v) is 4.06. The molecule has 0 fully saturated rings. The highest BCUT2D eigenvalue weighted by Gasteiger charge is 2.34. The number of amides is 1. The van der Waals surface area contributed by atoms with Gasteiger partial charge in [0.15, 0.2) is 6.10 Å². The molecule has 1 aromatic heterocycles. The van der Waals surface area contributed by atoms with Crippen LogP contribution in [0.25, 0.3) is 11.0 Å². The highest BCUT2D eigenvalue weighted by atomic mass is 19.4. The Morgan fingerprint density at radius 3 is 2.45 bits per heavy atom. The monoisotopic (exact) mass is 443 g/mol. The van der Waals surface area contributed by atoms with Gasteiger partial charge in [0.1, 0.15) is 17.1 Å². The molecular weight excluding hydrogens is 429 g/mol. The number of nitrogens with one attached hydrogen (secondary N) is 1. The van der Waals surface area contributed by atoms with Gasteiger partial charge in [0.2, 0.25) is 0 Å². The summed E-state index contributed by atoms with van der Waals surface area (Å²) >= 11 is 0. The molecule has 0 aliphatic rings. The number of halogens is 5. The van der Waals surface area contributed by atoms with Crippen LogP contribution < -0.4 is 20.4 Å². The molecule has 3 aromatic rings. The van der Waals surface area contributed by atoms with Crippen molar-refractivity contribution in [2.45, 2.75) is 25.8 Å². The summed E-state index contributed by atoms with van der Waals surface area (Å²) in [4.78, 5) is 23.8. The number of anilines is 1. The maximum Gasteiger partial charge on any atom is 0.417 e. The quantitative estimate of drug-likeness (QED) is 0.437. The van der Waals surface area contributed by atoms with E-state index in [-0.39, 0.29) is 28.2 Å². The van der Waals surface area contributed by atoms with Crippen LogP contribution in [0.4, 0.5) is 27.6 Å². The Balaban J connectivity index is 1.80. The first-order chi connectivity index (χ1) is 14.5. The number of para-hydroxylation sites is 2. The molecule has 0 saturated carbocycles. The number of rotatable bonds is 6. The van der Waals surface area contributed by atoms with Gasteiger partial charge < -0.3 is 19.2 Å². The number of benzene rings is 2. The highest BCUT2D eigenvalue weighted by Crippen LogP contribution is 2.35. The number of ether oxygens (including phenoxy) is 2. The Kier molecular flexibility index (Phi) is 6.14. The van der Waals surface area contributed by atoms with E-state index in [0.29, 0.717) is 6.07 Å². The number of fused-ring (bicyclic) bond motifs is 1. The molecule has 0 saturated heterocycles. The van der Waals surface area contributed by atoms with Gasteiger partial charge in [-0.2, -0.15) is 22.0 Å². The molecule has 11 heteroatoms. The molecular formula is C20H14F5NO5. The Hall–Kier alpha value is -3.63. The summed E-state index contributed by atoms with van der Waals surface area (Å²) in [6.45, 7) is -1.76. The van der Waals surface area contributed by atoms with E-state index in [1.807, 2.05) is 0 Å². The van der Waals surface area contributed by atoms with Crippen LogP contribution in [-0.2, 0) is 11.0 Å². The molecule has 2 aromatic carbocycles. The average molecular weight is 443 g/mol. The second kappa shape index (κ2) is 8.62. The van der Waals surface area contributed by atoms with E-state index in [9.17, 15) is 31.5 Å². The van der Waals surface area contributed by atoms with Gasteiger partial charge in [-0.1, -0.05) is 12.1 Å². The molecule has 1 unspecified atom stereocenters. The number of carbonyl (C=O) groups excluding carboxylic acids is 1. The summed E-state index contributed by atoms with van der Waals surface area (Å²) < 4.78 is 78.8. The summed E-state index contributed by atoms with van der Waals surface area (Å²) in [7, 11) is 0. The highest BCUT2D eigenvalue weighted by molar-refractivity contribution is 5.95. The van der Waals surface area contributed by atoms with Gasteiger partial charge in [-0.15, -0.1) is 0 Å². The lowest BCUT2D eigenvalue weighted by molar-refractivity contribution is -0.136. The van der Waals surface area contributed by atoms with Gasteiger partial charge in [0, 0.05) is 17.5 Å². The fourth-order valence-electron chi connectivity index (χ4n) is 2.71. The molecule has 1 N–H and O–H groups in total. The molecule has 31 heavy (non-hydrogen) atoms. The number of alkyl halides is 5. The van der Waals surface area contributed by atoms with Gasteiger partial charge in [-0.05, 0) is 31.2 Å². The molecule has 0 bridgehead atoms. The van der Waals surface area contributed by atoms with Gasteiger partial charge in [-0.3, -0.25) is 4.79 Å². The van der Waals surface area contributed by atoms with Crippen molar-refractivity contribution in [1.82, 2.24) is 0 Å². The van der Waals surface area contributed by atoms with Crippen molar-refractivity contribution in [1.29, 1.82) is 0 Å². The minimum absolute atomic E-state index is 0.0254. The molecule has 1 amide bonds. The van der Waals surface area contributed by atoms with Crippen molar-refractivity contribution < 1.29 is 40.6 Å². The van der Waals surface area contributed by atoms with Crippen LogP contribution in [0.15, 0.2) is 57.7 Å². The van der Waals surface area contributed by atoms with E-state index in [4.69, 9.17) is 9.15 Å². The van der Waals surface area contributed by atoms with Crippen molar-refractivity contribution in [2.24, 2.45) is 0 Å². The normalized spacial score (nSPS) is 12.6. The zero-order valence-corrected chi connectivity index (χ0v) is 15.7. The maximum absolute atomic E-state index is 13.1. The Labute approximate surface area is 171 Å². The van der Waals surface area contributed by atoms with E-state index < -0.39 is 36.0 Å². The van der Waals surface area contributed by atoms with E-state index in [0.717, 1.165) is 12.1 Å². The van der Waals surface area contributed by atoms with Crippen molar-refractivity contribution in [3.8, 4) is 11.5 Å². The standard InChI is InChI=1S/C20H14F5NO5/c1-10(18(28)26-14-4-2-3-5-15(14)31-19(21)22)29-11-6-7-12-13(20(23,24)25)9-17(27)30-16(12)8-11/h2-10,19H,1H3,(H,26,28). The molecule has 1 heterocycles. The van der Waals surface area contributed by atoms with Gasteiger partial charge in [0.05, 0.1) is 11.3 Å². The largest absolute Gasteiger partial charge is 0.481 e. The SMILES string of the molecule is CC(Oc1ccc2c(C(F)(F)F)cc(=O)oc2c1)C(=O)Nc1ccccc1OC(F)F. The average Bonchev–Trinajstić information content (AvgIpc) is 2.67. The molecule has 164 valence electrons. The summed E-state index contributed by atoms with van der Waals surface area (Å²) in [5.41, 5.74) is -2.76. The minimum atomic E-state index is -4.77. The topological polar surface area (TPSA) is 77.8 Å². The first kappa shape index (κ1) is 22.1. The summed E-state index contributed by atoms with van der Waals surface area (Å²) in [6.07, 6.45) is -5.95. The molecule has 0 aliphatic carbocycles. The third kappa shape index (κ3) is 5.30. The first-order valence-corrected chi connectivity index (χ1v) is 8.71. The van der Waals surface area contributed by atoms with E-state index in [2.05, 4.69) is 10.1 Å². The second-order valence-corrected chi connectivity index (χ2v) is 6.26. The molecule has 0 aliphatic heterocycles. The zero-order chi connectivity index (χ0) is 22.8. The lowest BCUT2D eigenvalue weighted by atomic mass is 10.1. The van der Waals surface area contributed by atoms with Crippen LogP contribution in [0.1, 0.15) is 12.5 Å². The molecule has 1 atom stereocenters. The number of hydrogen-bond acceptors (Lipinski definition) is 5. The predicted octanol–water partition coefficient (Wildman–Crippen LogP) is 4.82. The van der Waals surface area contributed by atoms with E-state index in [1.165, 1.54) is 37.3 Å². The van der Waals surface area contributed by atoms with Crippen LogP contribution in [-0.4, -0.2) is 18.6 Å². The van der Waals surface area contributed by atoms with E-state index in [1.54, 1.807) is 0 Å². The Bertz CT molecular complexity index is 1160. The number of hydrogen-bond donors (Lipinski definition) is 1. The molecule has 6 nitrogen and oxygen atoms in total. The van der Waals surface area contributed by atoms with Crippen LogP contribution in [0.5, 0.6) is 11.5 Å². The first-order valence-electron chi connectivity index (χ1n) is 8.71. The molecule has 0 radical (unpaired) electrons. The van der Waals surface area contributed by atoms with Crippen molar-refractivity contribution in [3.05, 3.63) is 64.5 Å². The van der Waals surface area contributed by atoms with Gasteiger partial charge in [-0.25, -0.2) is 4.79 Å². The fourth-order valence-corrected chi connectivity index (χ4v) is 2.71. The third-order valence-electron chi connectivity index (χ3n) is 4.06. The fraction of sp³-hybridized carbons (Fsp3) is 0.200. The maximum atomic E-state index is 13.1. The lowest BCUT2D eigenvalue weighted by Gasteiger charge is -2.17. The van der Waals surface area contributed by atoms with Gasteiger partial charge >= 0.3 is 18.4 Å². The Morgan fingerprint density at radius 1 is 1.06 bits per heavy atom. The summed E-state index contributed by atoms with van der Waals surface area (Å²) in [6, 6.07) is 9.11. The smallest absolute Gasteiger partial charge is 0.417 e. The van der Waals surface area contributed by atoms with Crippen molar-refractivity contribution in [2.75, 3.05) is 5.32 Å². The summed E-state index contributed by atoms with van der Waals surface area (Å²) in [5, 5.41) is 2.01. The van der Waals surface area contributed by atoms with Crippen molar-refractivity contribution in [3.63, 3.8) is 0 Å².